The predicted molar refractivity (Wildman–Crippen MR) is 103 cm³/mol. The summed E-state index contributed by atoms with van der Waals surface area (Å²) < 4.78 is 2.07. The largest absolute Gasteiger partial charge is 0.324 e. The van der Waals surface area contributed by atoms with Gasteiger partial charge >= 0.3 is 0 Å². The smallest absolute Gasteiger partial charge is 0.269 e. The Morgan fingerprint density at radius 1 is 1.19 bits per heavy atom. The molecule has 0 atom stereocenters. The maximum atomic E-state index is 10.7. The lowest BCUT2D eigenvalue weighted by Gasteiger charge is -2.02. The number of nitro groups is 1. The number of aryl methyl sites for hydroxylation is 1. The second kappa shape index (κ2) is 6.79. The fraction of sp³-hybridized carbons (Fsp3) is 0.111. The number of para-hydroxylation sites is 1. The zero-order valence-electron chi connectivity index (χ0n) is 14.4. The third-order valence-corrected chi connectivity index (χ3v) is 4.17. The Morgan fingerprint density at radius 2 is 1.96 bits per heavy atom. The minimum Gasteiger partial charge on any atom is -0.324 e. The van der Waals surface area contributed by atoms with Crippen molar-refractivity contribution in [2.24, 2.45) is 5.10 Å². The Balaban J connectivity index is 1.61. The molecule has 134 valence electrons. The number of nitrogens with one attached hydrogen (secondary N) is 1. The van der Waals surface area contributed by atoms with Gasteiger partial charge in [-0.3, -0.25) is 10.1 Å². The molecule has 2 aromatic heterocycles. The number of hydrazone groups is 1. The fourth-order valence-electron chi connectivity index (χ4n) is 2.92. The van der Waals surface area contributed by atoms with Crippen molar-refractivity contribution < 1.29 is 4.92 Å². The standard InChI is InChI=1S/C18H15N7O2/c1-2-24-15-6-4-3-5-14(15)16-17(24)20-18(23-21-16)22-19-11-12-7-9-13(10-8-12)25(26)27/h3-11H,2H2,1H3,(H,20,22,23). The van der Waals surface area contributed by atoms with Gasteiger partial charge in [-0.15, -0.1) is 10.2 Å². The summed E-state index contributed by atoms with van der Waals surface area (Å²) in [5, 5.41) is 24.1. The molecule has 1 N–H and O–H groups in total. The number of anilines is 1. The Labute approximate surface area is 153 Å². The lowest BCUT2D eigenvalue weighted by Crippen LogP contribution is -2.02. The first-order valence-electron chi connectivity index (χ1n) is 8.32. The zero-order valence-corrected chi connectivity index (χ0v) is 14.4. The van der Waals surface area contributed by atoms with Gasteiger partial charge in [0.15, 0.2) is 5.65 Å². The Bertz CT molecular complexity index is 1170. The molecule has 0 bridgehead atoms. The molecule has 4 rings (SSSR count). The molecule has 0 aliphatic heterocycles. The zero-order chi connectivity index (χ0) is 18.8. The Morgan fingerprint density at radius 3 is 2.70 bits per heavy atom. The molecule has 9 nitrogen and oxygen atoms in total. The maximum Gasteiger partial charge on any atom is 0.269 e. The molecule has 0 amide bonds. The topological polar surface area (TPSA) is 111 Å². The first-order valence-corrected chi connectivity index (χ1v) is 8.32. The molecule has 9 heteroatoms. The molecular weight excluding hydrogens is 346 g/mol. The van der Waals surface area contributed by atoms with Gasteiger partial charge in [0.25, 0.3) is 11.6 Å². The van der Waals surface area contributed by atoms with E-state index in [4.69, 9.17) is 0 Å². The maximum absolute atomic E-state index is 10.7. The molecule has 0 unspecified atom stereocenters. The number of aromatic nitrogens is 4. The summed E-state index contributed by atoms with van der Waals surface area (Å²) in [7, 11) is 0. The third kappa shape index (κ3) is 3.06. The SMILES string of the molecule is CCn1c2ccccc2c2nnc(NN=Cc3ccc([N+](=O)[O-])cc3)nc21. The number of nitrogens with zero attached hydrogens (tertiary/aromatic N) is 6. The van der Waals surface area contributed by atoms with Crippen LogP contribution in [0.4, 0.5) is 11.6 Å². The van der Waals surface area contributed by atoms with E-state index in [2.05, 4.69) is 30.3 Å². The van der Waals surface area contributed by atoms with Crippen LogP contribution in [-0.2, 0) is 6.54 Å². The van der Waals surface area contributed by atoms with Crippen LogP contribution < -0.4 is 5.43 Å². The van der Waals surface area contributed by atoms with Crippen molar-refractivity contribution in [1.82, 2.24) is 19.7 Å². The monoisotopic (exact) mass is 361 g/mol. The number of fused-ring (bicyclic) bond motifs is 3. The van der Waals surface area contributed by atoms with Gasteiger partial charge in [-0.25, -0.2) is 5.43 Å². The van der Waals surface area contributed by atoms with Gasteiger partial charge in [0, 0.05) is 24.1 Å². The van der Waals surface area contributed by atoms with E-state index in [1.807, 2.05) is 31.2 Å². The van der Waals surface area contributed by atoms with Gasteiger partial charge in [-0.1, -0.05) is 18.2 Å². The van der Waals surface area contributed by atoms with Crippen molar-refractivity contribution in [2.75, 3.05) is 5.43 Å². The number of nitro benzene ring substituents is 1. The molecule has 2 aromatic carbocycles. The van der Waals surface area contributed by atoms with Crippen molar-refractivity contribution in [3.05, 3.63) is 64.2 Å². The normalized spacial score (nSPS) is 11.4. The highest BCUT2D eigenvalue weighted by Gasteiger charge is 2.13. The summed E-state index contributed by atoms with van der Waals surface area (Å²) in [5.74, 6) is 0.276. The molecule has 0 radical (unpaired) electrons. The van der Waals surface area contributed by atoms with Crippen molar-refractivity contribution in [1.29, 1.82) is 0 Å². The number of hydrogen-bond donors (Lipinski definition) is 1. The van der Waals surface area contributed by atoms with E-state index < -0.39 is 4.92 Å². The number of hydrogen-bond acceptors (Lipinski definition) is 7. The van der Waals surface area contributed by atoms with Crippen LogP contribution in [-0.4, -0.2) is 30.9 Å². The minimum absolute atomic E-state index is 0.0329. The van der Waals surface area contributed by atoms with E-state index in [9.17, 15) is 10.1 Å². The van der Waals surface area contributed by atoms with E-state index in [1.165, 1.54) is 18.3 Å². The van der Waals surface area contributed by atoms with E-state index >= 15 is 0 Å². The van der Waals surface area contributed by atoms with Crippen LogP contribution in [0.2, 0.25) is 0 Å². The lowest BCUT2D eigenvalue weighted by molar-refractivity contribution is -0.384. The molecule has 2 heterocycles. The Kier molecular flexibility index (Phi) is 4.17. The molecule has 4 aromatic rings. The van der Waals surface area contributed by atoms with Gasteiger partial charge in [0.2, 0.25) is 0 Å². The van der Waals surface area contributed by atoms with E-state index in [0.29, 0.717) is 5.56 Å². The van der Waals surface area contributed by atoms with Crippen LogP contribution in [0.5, 0.6) is 0 Å². The van der Waals surface area contributed by atoms with E-state index in [0.717, 1.165) is 28.6 Å². The van der Waals surface area contributed by atoms with E-state index in [1.54, 1.807) is 12.1 Å². The third-order valence-electron chi connectivity index (χ3n) is 4.17. The van der Waals surface area contributed by atoms with Crippen molar-refractivity contribution in [3.8, 4) is 0 Å². The molecule has 0 saturated heterocycles. The predicted octanol–water partition coefficient (Wildman–Crippen LogP) is 3.35. The number of rotatable bonds is 5. The highest BCUT2D eigenvalue weighted by atomic mass is 16.6. The number of non-ortho nitro benzene ring substituents is 1. The molecule has 0 aliphatic carbocycles. The Hall–Kier alpha value is -3.88. The second-order valence-electron chi connectivity index (χ2n) is 5.79. The highest BCUT2D eigenvalue weighted by Crippen LogP contribution is 2.26. The van der Waals surface area contributed by atoms with Crippen LogP contribution in [0, 0.1) is 10.1 Å². The van der Waals surface area contributed by atoms with Gasteiger partial charge in [0.1, 0.15) is 5.52 Å². The van der Waals surface area contributed by atoms with Crippen molar-refractivity contribution >= 4 is 39.9 Å². The minimum atomic E-state index is -0.444. The van der Waals surface area contributed by atoms with Crippen LogP contribution in [0.3, 0.4) is 0 Å². The van der Waals surface area contributed by atoms with Crippen molar-refractivity contribution in [3.63, 3.8) is 0 Å². The van der Waals surface area contributed by atoms with Crippen LogP contribution >= 0.6 is 0 Å². The molecule has 0 aliphatic rings. The average Bonchev–Trinajstić information content (AvgIpc) is 3.01. The van der Waals surface area contributed by atoms with E-state index in [-0.39, 0.29) is 11.6 Å². The first kappa shape index (κ1) is 16.6. The molecular formula is C18H15N7O2. The summed E-state index contributed by atoms with van der Waals surface area (Å²) in [5.41, 5.74) is 6.05. The molecule has 0 saturated carbocycles. The molecule has 0 spiro atoms. The quantitative estimate of drug-likeness (QED) is 0.331. The van der Waals surface area contributed by atoms with Gasteiger partial charge in [0.05, 0.1) is 16.7 Å². The van der Waals surface area contributed by atoms with Crippen LogP contribution in [0.1, 0.15) is 12.5 Å². The van der Waals surface area contributed by atoms with Gasteiger partial charge in [-0.2, -0.15) is 10.1 Å². The van der Waals surface area contributed by atoms with Gasteiger partial charge in [-0.05, 0) is 30.7 Å². The van der Waals surface area contributed by atoms with Crippen LogP contribution in [0.15, 0.2) is 53.6 Å². The molecule has 0 fully saturated rings. The average molecular weight is 361 g/mol. The summed E-state index contributed by atoms with van der Waals surface area (Å²) in [6, 6.07) is 14.0. The number of benzene rings is 2. The van der Waals surface area contributed by atoms with Gasteiger partial charge < -0.3 is 4.57 Å². The molecule has 27 heavy (non-hydrogen) atoms. The summed E-state index contributed by atoms with van der Waals surface area (Å²) in [6.07, 6.45) is 1.53. The first-order chi connectivity index (χ1) is 13.2. The summed E-state index contributed by atoms with van der Waals surface area (Å²) in [4.78, 5) is 14.8. The highest BCUT2D eigenvalue weighted by molar-refractivity contribution is 6.04. The second-order valence-corrected chi connectivity index (χ2v) is 5.79. The lowest BCUT2D eigenvalue weighted by atomic mass is 10.2. The fourth-order valence-corrected chi connectivity index (χ4v) is 2.92. The van der Waals surface area contributed by atoms with Crippen molar-refractivity contribution in [2.45, 2.75) is 13.5 Å². The summed E-state index contributed by atoms with van der Waals surface area (Å²) >= 11 is 0. The summed E-state index contributed by atoms with van der Waals surface area (Å²) in [6.45, 7) is 2.81. The van der Waals surface area contributed by atoms with Crippen LogP contribution in [0.25, 0.3) is 22.1 Å².